The van der Waals surface area contributed by atoms with Crippen LogP contribution in [0.2, 0.25) is 0 Å². The molecule has 0 atom stereocenters. The Kier molecular flexibility index (Phi) is 7.85. The van der Waals surface area contributed by atoms with Crippen molar-refractivity contribution in [2.24, 2.45) is 0 Å². The minimum atomic E-state index is -0.294. The average Bonchev–Trinajstić information content (AvgIpc) is 2.30. The minimum absolute atomic E-state index is 0.277. The Morgan fingerprint density at radius 2 is 2.00 bits per heavy atom. The highest BCUT2D eigenvalue weighted by atomic mass is 16.5. The lowest BCUT2D eigenvalue weighted by molar-refractivity contribution is -0.136. The van der Waals surface area contributed by atoms with Gasteiger partial charge in [0.1, 0.15) is 0 Å². The molecule has 0 spiro atoms. The van der Waals surface area contributed by atoms with Crippen molar-refractivity contribution in [2.75, 3.05) is 7.11 Å². The maximum absolute atomic E-state index is 11.7. The van der Waals surface area contributed by atoms with E-state index in [2.05, 4.69) is 18.5 Å². The van der Waals surface area contributed by atoms with Crippen LogP contribution >= 0.6 is 0 Å². The van der Waals surface area contributed by atoms with E-state index in [0.717, 1.165) is 18.5 Å². The SMILES string of the molecule is C=CCC/C(NC(C)C)=C(\CC=C)C(=O)OC. The van der Waals surface area contributed by atoms with Gasteiger partial charge in [0.25, 0.3) is 0 Å². The third kappa shape index (κ3) is 5.95. The molecule has 17 heavy (non-hydrogen) atoms. The molecule has 3 nitrogen and oxygen atoms in total. The van der Waals surface area contributed by atoms with Crippen molar-refractivity contribution in [1.82, 2.24) is 5.32 Å². The number of carbonyl (C=O) groups is 1. The lowest BCUT2D eigenvalue weighted by atomic mass is 10.1. The Hall–Kier alpha value is -1.51. The topological polar surface area (TPSA) is 38.3 Å². The van der Waals surface area contributed by atoms with Crippen molar-refractivity contribution in [3.8, 4) is 0 Å². The molecule has 1 N–H and O–H groups in total. The molecule has 0 radical (unpaired) electrons. The van der Waals surface area contributed by atoms with Crippen molar-refractivity contribution in [3.63, 3.8) is 0 Å². The van der Waals surface area contributed by atoms with Crippen LogP contribution in [0.1, 0.15) is 33.1 Å². The average molecular weight is 237 g/mol. The molecule has 96 valence electrons. The molecule has 3 heteroatoms. The van der Waals surface area contributed by atoms with Crippen LogP contribution in [-0.4, -0.2) is 19.1 Å². The van der Waals surface area contributed by atoms with Crippen LogP contribution in [0.15, 0.2) is 36.6 Å². The lowest BCUT2D eigenvalue weighted by Gasteiger charge is -2.17. The summed E-state index contributed by atoms with van der Waals surface area (Å²) >= 11 is 0. The zero-order valence-corrected chi connectivity index (χ0v) is 11.1. The molecule has 0 unspecified atom stereocenters. The summed E-state index contributed by atoms with van der Waals surface area (Å²) in [5.41, 5.74) is 1.57. The van der Waals surface area contributed by atoms with Gasteiger partial charge in [-0.15, -0.1) is 13.2 Å². The zero-order chi connectivity index (χ0) is 13.3. The quantitative estimate of drug-likeness (QED) is 0.401. The van der Waals surface area contributed by atoms with Gasteiger partial charge in [-0.2, -0.15) is 0 Å². The highest BCUT2D eigenvalue weighted by Crippen LogP contribution is 2.15. The number of allylic oxidation sites excluding steroid dienone is 3. The fourth-order valence-corrected chi connectivity index (χ4v) is 1.50. The molecule has 0 bridgehead atoms. The molecule has 0 saturated heterocycles. The van der Waals surface area contributed by atoms with Crippen molar-refractivity contribution in [2.45, 2.75) is 39.2 Å². The van der Waals surface area contributed by atoms with Crippen LogP contribution in [0, 0.1) is 0 Å². The van der Waals surface area contributed by atoms with Crippen molar-refractivity contribution >= 4 is 5.97 Å². The van der Waals surface area contributed by atoms with Gasteiger partial charge in [0.15, 0.2) is 0 Å². The lowest BCUT2D eigenvalue weighted by Crippen LogP contribution is -2.25. The first kappa shape index (κ1) is 15.5. The summed E-state index contributed by atoms with van der Waals surface area (Å²) in [6.45, 7) is 11.4. The Labute approximate surface area is 104 Å². The van der Waals surface area contributed by atoms with E-state index < -0.39 is 0 Å². The number of ether oxygens (including phenoxy) is 1. The predicted octanol–water partition coefficient (Wildman–Crippen LogP) is 2.95. The monoisotopic (exact) mass is 237 g/mol. The largest absolute Gasteiger partial charge is 0.466 e. The van der Waals surface area contributed by atoms with Gasteiger partial charge < -0.3 is 10.1 Å². The number of hydrogen-bond acceptors (Lipinski definition) is 3. The zero-order valence-electron chi connectivity index (χ0n) is 11.1. The van der Waals surface area contributed by atoms with Crippen LogP contribution in [0.5, 0.6) is 0 Å². The van der Waals surface area contributed by atoms with Crippen LogP contribution in [-0.2, 0) is 9.53 Å². The molecule has 0 aromatic carbocycles. The van der Waals surface area contributed by atoms with E-state index in [9.17, 15) is 4.79 Å². The molecule has 0 aliphatic heterocycles. The molecule has 0 saturated carbocycles. The van der Waals surface area contributed by atoms with Gasteiger partial charge in [-0.05, 0) is 33.1 Å². The number of nitrogens with one attached hydrogen (secondary N) is 1. The van der Waals surface area contributed by atoms with E-state index in [0.29, 0.717) is 12.0 Å². The first-order chi connectivity index (χ1) is 8.06. The van der Waals surface area contributed by atoms with E-state index >= 15 is 0 Å². The van der Waals surface area contributed by atoms with Crippen LogP contribution in [0.3, 0.4) is 0 Å². The maximum atomic E-state index is 11.7. The highest BCUT2D eigenvalue weighted by molar-refractivity contribution is 5.89. The number of esters is 1. The van der Waals surface area contributed by atoms with Gasteiger partial charge in [-0.25, -0.2) is 4.79 Å². The fraction of sp³-hybridized carbons (Fsp3) is 0.500. The van der Waals surface area contributed by atoms with Crippen LogP contribution in [0.25, 0.3) is 0 Å². The molecule has 0 aromatic rings. The molecule has 0 fully saturated rings. The molecular formula is C14H23NO2. The summed E-state index contributed by atoms with van der Waals surface area (Å²) < 4.78 is 4.80. The number of methoxy groups -OCH3 is 1. The predicted molar refractivity (Wildman–Crippen MR) is 71.6 cm³/mol. The number of carbonyl (C=O) groups excluding carboxylic acids is 1. The Bertz CT molecular complexity index is 303. The fourth-order valence-electron chi connectivity index (χ4n) is 1.50. The highest BCUT2D eigenvalue weighted by Gasteiger charge is 2.14. The van der Waals surface area contributed by atoms with Gasteiger partial charge in [0.05, 0.1) is 12.7 Å². The van der Waals surface area contributed by atoms with E-state index in [4.69, 9.17) is 4.74 Å². The second-order valence-corrected chi connectivity index (χ2v) is 4.07. The summed E-state index contributed by atoms with van der Waals surface area (Å²) in [6.07, 6.45) is 5.65. The Balaban J connectivity index is 5.12. The second kappa shape index (κ2) is 8.62. The van der Waals surface area contributed by atoms with Gasteiger partial charge in [0, 0.05) is 11.7 Å². The normalized spacial score (nSPS) is 11.8. The molecular weight excluding hydrogens is 214 g/mol. The van der Waals surface area contributed by atoms with Crippen molar-refractivity contribution in [3.05, 3.63) is 36.6 Å². The summed E-state index contributed by atoms with van der Waals surface area (Å²) in [7, 11) is 1.39. The maximum Gasteiger partial charge on any atom is 0.335 e. The standard InChI is InChI=1S/C14H23NO2/c1-6-8-10-13(15-11(3)4)12(9-7-2)14(16)17-5/h6-7,11,15H,1-2,8-10H2,3-5H3/b13-12-. The first-order valence-corrected chi connectivity index (χ1v) is 5.85. The molecule has 0 heterocycles. The van der Waals surface area contributed by atoms with E-state index in [1.54, 1.807) is 6.08 Å². The van der Waals surface area contributed by atoms with Crippen LogP contribution in [0.4, 0.5) is 0 Å². The van der Waals surface area contributed by atoms with E-state index in [1.165, 1.54) is 7.11 Å². The van der Waals surface area contributed by atoms with Crippen molar-refractivity contribution < 1.29 is 9.53 Å². The van der Waals surface area contributed by atoms with Crippen LogP contribution < -0.4 is 5.32 Å². The molecule has 0 amide bonds. The second-order valence-electron chi connectivity index (χ2n) is 4.07. The third-order valence-electron chi connectivity index (χ3n) is 2.21. The molecule has 0 aliphatic rings. The van der Waals surface area contributed by atoms with Gasteiger partial charge >= 0.3 is 5.97 Å². The third-order valence-corrected chi connectivity index (χ3v) is 2.21. The summed E-state index contributed by atoms with van der Waals surface area (Å²) in [5.74, 6) is -0.294. The van der Waals surface area contributed by atoms with Gasteiger partial charge in [0.2, 0.25) is 0 Å². The summed E-state index contributed by atoms with van der Waals surface area (Å²) in [5, 5.41) is 3.30. The Morgan fingerprint density at radius 3 is 2.41 bits per heavy atom. The first-order valence-electron chi connectivity index (χ1n) is 5.85. The molecule has 0 aliphatic carbocycles. The molecule has 0 rings (SSSR count). The summed E-state index contributed by atoms with van der Waals surface area (Å²) in [6, 6.07) is 0.277. The van der Waals surface area contributed by atoms with E-state index in [1.807, 2.05) is 19.9 Å². The van der Waals surface area contributed by atoms with Crippen molar-refractivity contribution in [1.29, 1.82) is 0 Å². The minimum Gasteiger partial charge on any atom is -0.466 e. The Morgan fingerprint density at radius 1 is 1.35 bits per heavy atom. The van der Waals surface area contributed by atoms with E-state index in [-0.39, 0.29) is 12.0 Å². The summed E-state index contributed by atoms with van der Waals surface area (Å²) in [4.78, 5) is 11.7. The van der Waals surface area contributed by atoms with Gasteiger partial charge in [-0.3, -0.25) is 0 Å². The molecule has 0 aromatic heterocycles. The smallest absolute Gasteiger partial charge is 0.335 e. The number of rotatable bonds is 8. The number of hydrogen-bond donors (Lipinski definition) is 1. The van der Waals surface area contributed by atoms with Gasteiger partial charge in [-0.1, -0.05) is 12.2 Å².